The van der Waals surface area contributed by atoms with E-state index in [1.807, 2.05) is 78.9 Å². The molecular formula is C53H36O6. The number of hydrogen-bond acceptors (Lipinski definition) is 3. The second-order valence-corrected chi connectivity index (χ2v) is 14.1. The summed E-state index contributed by atoms with van der Waals surface area (Å²) in [5, 5.41) is 28.3. The minimum absolute atomic E-state index is 0.225. The standard InChI is InChI=1S/C53H36O6/c54-51(55)46-28-14-39(15-29-46)36-8-22-43(23-9-36)49(42-20-6-35(7-21-42)34-4-2-1-3-5-34)50(44-24-10-37(11-25-44)40-16-30-47(31-17-40)52(56)57)45-26-12-38(13-27-45)41-18-32-48(33-19-41)53(58)59/h1-33H,(H,54,55)(H,56,57)(H,58,59). The molecule has 0 aromatic heterocycles. The van der Waals surface area contributed by atoms with Gasteiger partial charge in [-0.15, -0.1) is 0 Å². The highest BCUT2D eigenvalue weighted by atomic mass is 16.4. The molecule has 0 bridgehead atoms. The molecule has 8 aromatic rings. The van der Waals surface area contributed by atoms with E-state index in [0.717, 1.165) is 77.9 Å². The second-order valence-electron chi connectivity index (χ2n) is 14.1. The van der Waals surface area contributed by atoms with E-state index in [1.165, 1.54) is 0 Å². The van der Waals surface area contributed by atoms with Crippen molar-refractivity contribution in [1.82, 2.24) is 0 Å². The molecule has 0 heterocycles. The van der Waals surface area contributed by atoms with Gasteiger partial charge in [-0.05, 0) is 114 Å². The molecule has 0 aliphatic rings. The van der Waals surface area contributed by atoms with E-state index in [-0.39, 0.29) is 16.7 Å². The molecule has 284 valence electrons. The third kappa shape index (κ3) is 8.24. The topological polar surface area (TPSA) is 112 Å². The molecule has 0 amide bonds. The van der Waals surface area contributed by atoms with Crippen molar-refractivity contribution in [2.24, 2.45) is 0 Å². The van der Waals surface area contributed by atoms with E-state index in [9.17, 15) is 29.7 Å². The van der Waals surface area contributed by atoms with Gasteiger partial charge in [0.15, 0.2) is 0 Å². The minimum Gasteiger partial charge on any atom is -0.478 e. The van der Waals surface area contributed by atoms with E-state index in [1.54, 1.807) is 36.4 Å². The summed E-state index contributed by atoms with van der Waals surface area (Å²) >= 11 is 0. The first-order valence-electron chi connectivity index (χ1n) is 18.9. The molecule has 0 spiro atoms. The summed E-state index contributed by atoms with van der Waals surface area (Å²) in [7, 11) is 0. The summed E-state index contributed by atoms with van der Waals surface area (Å²) in [6, 6.07) is 64.1. The number of carboxylic acid groups (broad SMARTS) is 3. The summed E-state index contributed by atoms with van der Waals surface area (Å²) in [5.74, 6) is -2.92. The fourth-order valence-electron chi connectivity index (χ4n) is 7.27. The van der Waals surface area contributed by atoms with Crippen molar-refractivity contribution in [3.05, 3.63) is 239 Å². The van der Waals surface area contributed by atoms with Gasteiger partial charge in [-0.25, -0.2) is 14.4 Å². The average molecular weight is 769 g/mol. The van der Waals surface area contributed by atoms with Crippen LogP contribution in [0.3, 0.4) is 0 Å². The van der Waals surface area contributed by atoms with Gasteiger partial charge >= 0.3 is 17.9 Å². The Balaban J connectivity index is 1.30. The van der Waals surface area contributed by atoms with Gasteiger partial charge in [0.1, 0.15) is 0 Å². The lowest BCUT2D eigenvalue weighted by Gasteiger charge is -2.20. The number of benzene rings is 8. The Morgan fingerprint density at radius 2 is 0.390 bits per heavy atom. The average Bonchev–Trinajstić information content (AvgIpc) is 3.29. The maximum Gasteiger partial charge on any atom is 0.335 e. The molecule has 8 rings (SSSR count). The summed E-state index contributed by atoms with van der Waals surface area (Å²) < 4.78 is 0. The van der Waals surface area contributed by atoms with Gasteiger partial charge in [0.2, 0.25) is 0 Å². The molecular weight excluding hydrogens is 733 g/mol. The van der Waals surface area contributed by atoms with Gasteiger partial charge in [-0.2, -0.15) is 0 Å². The predicted molar refractivity (Wildman–Crippen MR) is 233 cm³/mol. The molecule has 0 unspecified atom stereocenters. The van der Waals surface area contributed by atoms with Crippen LogP contribution in [0.5, 0.6) is 0 Å². The minimum atomic E-state index is -0.974. The maximum absolute atomic E-state index is 11.5. The van der Waals surface area contributed by atoms with Crippen LogP contribution in [0.25, 0.3) is 55.7 Å². The number of hydrogen-bond donors (Lipinski definition) is 3. The molecule has 0 aliphatic heterocycles. The van der Waals surface area contributed by atoms with Crippen LogP contribution in [0, 0.1) is 0 Å². The van der Waals surface area contributed by atoms with E-state index >= 15 is 0 Å². The van der Waals surface area contributed by atoms with E-state index < -0.39 is 17.9 Å². The fraction of sp³-hybridized carbons (Fsp3) is 0. The Labute approximate surface area is 341 Å². The van der Waals surface area contributed by atoms with Crippen LogP contribution in [0.15, 0.2) is 200 Å². The van der Waals surface area contributed by atoms with E-state index in [0.29, 0.717) is 0 Å². The molecule has 0 atom stereocenters. The van der Waals surface area contributed by atoms with Crippen molar-refractivity contribution in [3.8, 4) is 44.5 Å². The Hall–Kier alpha value is -8.09. The van der Waals surface area contributed by atoms with E-state index in [4.69, 9.17) is 0 Å². The highest BCUT2D eigenvalue weighted by Crippen LogP contribution is 2.40. The summed E-state index contributed by atoms with van der Waals surface area (Å²) in [6.45, 7) is 0. The summed E-state index contributed by atoms with van der Waals surface area (Å²) in [4.78, 5) is 34.5. The van der Waals surface area contributed by atoms with Crippen molar-refractivity contribution in [2.75, 3.05) is 0 Å². The number of carbonyl (C=O) groups is 3. The third-order valence-corrected chi connectivity index (χ3v) is 10.4. The van der Waals surface area contributed by atoms with E-state index in [2.05, 4.69) is 84.9 Å². The van der Waals surface area contributed by atoms with Crippen molar-refractivity contribution in [3.63, 3.8) is 0 Å². The number of carboxylic acids is 3. The number of rotatable bonds is 11. The first kappa shape index (κ1) is 37.8. The molecule has 0 aliphatic carbocycles. The maximum atomic E-state index is 11.5. The molecule has 8 aromatic carbocycles. The predicted octanol–water partition coefficient (Wildman–Crippen LogP) is 12.5. The van der Waals surface area contributed by atoms with Crippen LogP contribution in [0.4, 0.5) is 0 Å². The Morgan fingerprint density at radius 3 is 0.576 bits per heavy atom. The SMILES string of the molecule is O=C(O)c1ccc(-c2ccc(C(=C(c3ccc(-c4ccc(C(=O)O)cc4)cc3)c3ccc(-c4ccc(C(=O)O)cc4)cc3)c3ccc(-c4ccccc4)cc3)cc2)cc1. The zero-order chi connectivity index (χ0) is 40.9. The quantitative estimate of drug-likeness (QED) is 0.113. The molecule has 3 N–H and O–H groups in total. The van der Waals surface area contributed by atoms with Gasteiger partial charge in [0.05, 0.1) is 16.7 Å². The lowest BCUT2D eigenvalue weighted by molar-refractivity contribution is 0.0686. The largest absolute Gasteiger partial charge is 0.478 e. The van der Waals surface area contributed by atoms with Crippen molar-refractivity contribution >= 4 is 29.1 Å². The van der Waals surface area contributed by atoms with Crippen LogP contribution in [0.1, 0.15) is 53.3 Å². The Bertz CT molecular complexity index is 2700. The molecule has 0 fully saturated rings. The van der Waals surface area contributed by atoms with Crippen LogP contribution in [-0.2, 0) is 0 Å². The van der Waals surface area contributed by atoms with Crippen molar-refractivity contribution < 1.29 is 29.7 Å². The lowest BCUT2D eigenvalue weighted by Crippen LogP contribution is -1.99. The third-order valence-electron chi connectivity index (χ3n) is 10.4. The zero-order valence-electron chi connectivity index (χ0n) is 31.6. The summed E-state index contributed by atoms with van der Waals surface area (Å²) in [6.07, 6.45) is 0. The molecule has 6 nitrogen and oxygen atoms in total. The first-order chi connectivity index (χ1) is 28.7. The normalized spacial score (nSPS) is 10.8. The van der Waals surface area contributed by atoms with Gasteiger partial charge in [0.25, 0.3) is 0 Å². The Morgan fingerprint density at radius 1 is 0.220 bits per heavy atom. The monoisotopic (exact) mass is 768 g/mol. The lowest BCUT2D eigenvalue weighted by atomic mass is 9.84. The second kappa shape index (κ2) is 16.6. The highest BCUT2D eigenvalue weighted by molar-refractivity contribution is 6.05. The molecule has 0 saturated heterocycles. The van der Waals surface area contributed by atoms with Gasteiger partial charge < -0.3 is 15.3 Å². The smallest absolute Gasteiger partial charge is 0.335 e. The zero-order valence-corrected chi connectivity index (χ0v) is 31.6. The van der Waals surface area contributed by atoms with Gasteiger partial charge in [0, 0.05) is 0 Å². The van der Waals surface area contributed by atoms with Crippen LogP contribution in [-0.4, -0.2) is 33.2 Å². The van der Waals surface area contributed by atoms with Gasteiger partial charge in [-0.3, -0.25) is 0 Å². The van der Waals surface area contributed by atoms with Gasteiger partial charge in [-0.1, -0.05) is 164 Å². The van der Waals surface area contributed by atoms with Crippen molar-refractivity contribution in [2.45, 2.75) is 0 Å². The van der Waals surface area contributed by atoms with Crippen LogP contribution < -0.4 is 0 Å². The molecule has 0 saturated carbocycles. The highest BCUT2D eigenvalue weighted by Gasteiger charge is 2.18. The fourth-order valence-corrected chi connectivity index (χ4v) is 7.27. The first-order valence-corrected chi connectivity index (χ1v) is 18.9. The number of aromatic carboxylic acids is 3. The molecule has 0 radical (unpaired) electrons. The molecule has 59 heavy (non-hydrogen) atoms. The van der Waals surface area contributed by atoms with Crippen LogP contribution >= 0.6 is 0 Å². The van der Waals surface area contributed by atoms with Crippen molar-refractivity contribution in [1.29, 1.82) is 0 Å². The Kier molecular flexibility index (Phi) is 10.6. The molecule has 6 heteroatoms. The summed E-state index contributed by atoms with van der Waals surface area (Å²) in [5.41, 5.74) is 14.3. The van der Waals surface area contributed by atoms with Crippen LogP contribution in [0.2, 0.25) is 0 Å².